The molecule has 33 heavy (non-hydrogen) atoms. The van der Waals surface area contributed by atoms with Gasteiger partial charge in [0.2, 0.25) is 5.91 Å². The van der Waals surface area contributed by atoms with Crippen molar-refractivity contribution in [2.24, 2.45) is 0 Å². The average Bonchev–Trinajstić information content (AvgIpc) is 3.24. The lowest BCUT2D eigenvalue weighted by Gasteiger charge is -2.14. The monoisotopic (exact) mass is 479 g/mol. The first-order valence-corrected chi connectivity index (χ1v) is 12.1. The molecular weight excluding hydrogens is 458 g/mol. The SMILES string of the molecule is CCOC(=O)NC(=O)CSc1nc2sc(-c3ccccc3)cc2c(=O)n1-c1ccccc1C. The maximum Gasteiger partial charge on any atom is 0.413 e. The van der Waals surface area contributed by atoms with E-state index in [1.54, 1.807) is 6.92 Å². The summed E-state index contributed by atoms with van der Waals surface area (Å²) in [5, 5.41) is 3.06. The third-order valence-electron chi connectivity index (χ3n) is 4.80. The Morgan fingerprint density at radius 3 is 2.58 bits per heavy atom. The number of imide groups is 1. The fourth-order valence-corrected chi connectivity index (χ4v) is 5.16. The van der Waals surface area contributed by atoms with E-state index < -0.39 is 12.0 Å². The minimum absolute atomic E-state index is 0.0977. The highest BCUT2D eigenvalue weighted by atomic mass is 32.2. The van der Waals surface area contributed by atoms with E-state index in [9.17, 15) is 14.4 Å². The lowest BCUT2D eigenvalue weighted by atomic mass is 10.2. The zero-order valence-corrected chi connectivity index (χ0v) is 19.7. The first kappa shape index (κ1) is 22.8. The van der Waals surface area contributed by atoms with Gasteiger partial charge >= 0.3 is 6.09 Å². The van der Waals surface area contributed by atoms with Crippen molar-refractivity contribution < 1.29 is 14.3 Å². The molecule has 1 N–H and O–H groups in total. The van der Waals surface area contributed by atoms with Gasteiger partial charge in [-0.1, -0.05) is 60.3 Å². The lowest BCUT2D eigenvalue weighted by Crippen LogP contribution is -2.32. The second-order valence-electron chi connectivity index (χ2n) is 7.07. The summed E-state index contributed by atoms with van der Waals surface area (Å²) in [7, 11) is 0. The summed E-state index contributed by atoms with van der Waals surface area (Å²) < 4.78 is 6.27. The molecule has 0 saturated heterocycles. The predicted octanol–water partition coefficient (Wildman–Crippen LogP) is 4.79. The Balaban J connectivity index is 1.77. The van der Waals surface area contributed by atoms with E-state index in [1.165, 1.54) is 15.9 Å². The van der Waals surface area contributed by atoms with E-state index in [-0.39, 0.29) is 17.9 Å². The van der Waals surface area contributed by atoms with Crippen LogP contribution in [0.3, 0.4) is 0 Å². The number of carbonyl (C=O) groups is 2. The van der Waals surface area contributed by atoms with Crippen LogP contribution >= 0.6 is 23.1 Å². The summed E-state index contributed by atoms with van der Waals surface area (Å²) in [4.78, 5) is 43.6. The van der Waals surface area contributed by atoms with Crippen molar-refractivity contribution in [1.29, 1.82) is 0 Å². The van der Waals surface area contributed by atoms with Gasteiger partial charge in [-0.3, -0.25) is 19.5 Å². The molecule has 2 aromatic carbocycles. The van der Waals surface area contributed by atoms with Crippen molar-refractivity contribution in [3.05, 3.63) is 76.6 Å². The number of carbonyl (C=O) groups excluding carboxylic acids is 2. The Morgan fingerprint density at radius 2 is 1.85 bits per heavy atom. The number of rotatable bonds is 6. The van der Waals surface area contributed by atoms with Crippen LogP contribution in [0.4, 0.5) is 4.79 Å². The summed E-state index contributed by atoms with van der Waals surface area (Å²) in [5.41, 5.74) is 2.39. The molecule has 0 spiro atoms. The van der Waals surface area contributed by atoms with Gasteiger partial charge in [-0.15, -0.1) is 11.3 Å². The molecule has 2 aromatic heterocycles. The average molecular weight is 480 g/mol. The summed E-state index contributed by atoms with van der Waals surface area (Å²) in [6, 6.07) is 19.2. The second-order valence-corrected chi connectivity index (χ2v) is 9.05. The smallest absolute Gasteiger partial charge is 0.413 e. The van der Waals surface area contributed by atoms with Crippen molar-refractivity contribution >= 4 is 45.3 Å². The van der Waals surface area contributed by atoms with Crippen LogP contribution in [0.25, 0.3) is 26.3 Å². The van der Waals surface area contributed by atoms with Gasteiger partial charge in [0.1, 0.15) is 4.83 Å². The molecule has 0 unspecified atom stereocenters. The molecule has 168 valence electrons. The maximum atomic E-state index is 13.6. The Labute approximate surface area is 198 Å². The first-order chi connectivity index (χ1) is 16.0. The van der Waals surface area contributed by atoms with Crippen molar-refractivity contribution in [2.75, 3.05) is 12.4 Å². The number of fused-ring (bicyclic) bond motifs is 1. The molecule has 0 saturated carbocycles. The number of benzene rings is 2. The number of para-hydroxylation sites is 1. The molecule has 0 aliphatic carbocycles. The van der Waals surface area contributed by atoms with Crippen LogP contribution in [-0.4, -0.2) is 33.9 Å². The fourth-order valence-electron chi connectivity index (χ4n) is 3.28. The van der Waals surface area contributed by atoms with Crippen LogP contribution in [0.15, 0.2) is 70.6 Å². The van der Waals surface area contributed by atoms with Crippen LogP contribution in [0.5, 0.6) is 0 Å². The predicted molar refractivity (Wildman–Crippen MR) is 131 cm³/mol. The fraction of sp³-hybridized carbons (Fsp3) is 0.167. The van der Waals surface area contributed by atoms with Gasteiger partial charge in [-0.25, -0.2) is 9.78 Å². The largest absolute Gasteiger partial charge is 0.450 e. The Bertz CT molecular complexity index is 1380. The Hall–Kier alpha value is -3.43. The highest BCUT2D eigenvalue weighted by molar-refractivity contribution is 7.99. The summed E-state index contributed by atoms with van der Waals surface area (Å²) >= 11 is 2.52. The molecule has 2 amide bonds. The van der Waals surface area contributed by atoms with E-state index in [1.807, 2.05) is 67.6 Å². The number of amides is 2. The number of thioether (sulfide) groups is 1. The van der Waals surface area contributed by atoms with Gasteiger partial charge < -0.3 is 4.74 Å². The number of nitrogens with zero attached hydrogens (tertiary/aromatic N) is 2. The van der Waals surface area contributed by atoms with E-state index in [2.05, 4.69) is 5.32 Å². The first-order valence-electron chi connectivity index (χ1n) is 10.3. The summed E-state index contributed by atoms with van der Waals surface area (Å²) in [6.45, 7) is 3.74. The Morgan fingerprint density at radius 1 is 1.12 bits per heavy atom. The molecule has 0 atom stereocenters. The number of aryl methyl sites for hydroxylation is 1. The van der Waals surface area contributed by atoms with Crippen LogP contribution in [0, 0.1) is 6.92 Å². The van der Waals surface area contributed by atoms with Gasteiger partial charge in [0.15, 0.2) is 5.16 Å². The third kappa shape index (κ3) is 4.99. The van der Waals surface area contributed by atoms with Gasteiger partial charge in [0.05, 0.1) is 23.4 Å². The van der Waals surface area contributed by atoms with Crippen LogP contribution < -0.4 is 10.9 Å². The van der Waals surface area contributed by atoms with Gasteiger partial charge in [0, 0.05) is 4.88 Å². The zero-order chi connectivity index (χ0) is 23.4. The normalized spacial score (nSPS) is 10.8. The Kier molecular flexibility index (Phi) is 6.90. The third-order valence-corrected chi connectivity index (χ3v) is 6.81. The number of nitrogens with one attached hydrogen (secondary N) is 1. The van der Waals surface area contributed by atoms with Crippen molar-refractivity contribution in [1.82, 2.24) is 14.9 Å². The van der Waals surface area contributed by atoms with E-state index >= 15 is 0 Å². The minimum Gasteiger partial charge on any atom is -0.450 e. The highest BCUT2D eigenvalue weighted by Gasteiger charge is 2.19. The minimum atomic E-state index is -0.798. The van der Waals surface area contributed by atoms with Crippen molar-refractivity contribution in [3.8, 4) is 16.1 Å². The number of alkyl carbamates (subject to hydrolysis) is 1. The molecule has 9 heteroatoms. The molecule has 2 heterocycles. The zero-order valence-electron chi connectivity index (χ0n) is 18.0. The molecule has 0 aliphatic rings. The maximum absolute atomic E-state index is 13.6. The van der Waals surface area contributed by atoms with E-state index in [4.69, 9.17) is 9.72 Å². The summed E-state index contributed by atoms with van der Waals surface area (Å²) in [5.74, 6) is -0.625. The molecule has 0 fully saturated rings. The van der Waals surface area contributed by atoms with Crippen molar-refractivity contribution in [3.63, 3.8) is 0 Å². The molecule has 0 radical (unpaired) electrons. The topological polar surface area (TPSA) is 90.3 Å². The number of hydrogen-bond acceptors (Lipinski definition) is 7. The van der Waals surface area contributed by atoms with Gasteiger partial charge in [0.25, 0.3) is 5.56 Å². The summed E-state index contributed by atoms with van der Waals surface area (Å²) in [6.07, 6.45) is -0.798. The van der Waals surface area contributed by atoms with Crippen molar-refractivity contribution in [2.45, 2.75) is 19.0 Å². The second kappa shape index (κ2) is 10.0. The number of aromatic nitrogens is 2. The van der Waals surface area contributed by atoms with E-state index in [0.29, 0.717) is 21.1 Å². The molecular formula is C24H21N3O4S2. The number of thiophene rings is 1. The quantitative estimate of drug-likeness (QED) is 0.316. The molecule has 0 bridgehead atoms. The molecule has 0 aliphatic heterocycles. The molecule has 4 aromatic rings. The lowest BCUT2D eigenvalue weighted by molar-refractivity contribution is -0.117. The van der Waals surface area contributed by atoms with Crippen LogP contribution in [0.1, 0.15) is 12.5 Å². The van der Waals surface area contributed by atoms with Crippen LogP contribution in [-0.2, 0) is 9.53 Å². The van der Waals surface area contributed by atoms with Gasteiger partial charge in [-0.05, 0) is 37.1 Å². The molecule has 4 rings (SSSR count). The molecule has 7 nitrogen and oxygen atoms in total. The highest BCUT2D eigenvalue weighted by Crippen LogP contribution is 2.33. The van der Waals surface area contributed by atoms with Gasteiger partial charge in [-0.2, -0.15) is 0 Å². The standard InChI is InChI=1S/C24H21N3O4S2/c1-3-31-24(30)25-20(28)14-32-23-26-21-17(13-19(33-21)16-10-5-4-6-11-16)22(29)27(23)18-12-8-7-9-15(18)2/h4-13H,3,14H2,1-2H3,(H,25,28,30). The van der Waals surface area contributed by atoms with Crippen LogP contribution in [0.2, 0.25) is 0 Å². The van der Waals surface area contributed by atoms with E-state index in [0.717, 1.165) is 27.8 Å². The number of ether oxygens (including phenoxy) is 1. The number of hydrogen-bond donors (Lipinski definition) is 1.